The van der Waals surface area contributed by atoms with E-state index in [1.54, 1.807) is 0 Å². The van der Waals surface area contributed by atoms with Gasteiger partial charge < -0.3 is 15.2 Å². The maximum atomic E-state index is 12.7. The van der Waals surface area contributed by atoms with E-state index < -0.39 is 5.97 Å². The summed E-state index contributed by atoms with van der Waals surface area (Å²) in [5, 5.41) is 11.1. The van der Waals surface area contributed by atoms with Crippen LogP contribution in [0.3, 0.4) is 0 Å². The van der Waals surface area contributed by atoms with Gasteiger partial charge in [0.05, 0.1) is 0 Å². The minimum Gasteiger partial charge on any atom is -0.480 e. The first-order valence-electron chi connectivity index (χ1n) is 22.1. The van der Waals surface area contributed by atoms with Crippen LogP contribution in [0.2, 0.25) is 0 Å². The van der Waals surface area contributed by atoms with Gasteiger partial charge in [-0.05, 0) is 76.7 Å². The molecule has 0 radical (unpaired) electrons. The van der Waals surface area contributed by atoms with Gasteiger partial charge in [0.15, 0.2) is 0 Å². The standard InChI is InChI=1S/C46H83NO5/c1-3-5-7-9-11-13-14-15-16-17-18-19-20-21-22-23-24-25-26-27-29-31-37-41-46(51)52-43(38-34-30-28-12-10-8-6-4-2)39-35-32-33-36-40-44(48)47-42-45(49)50/h14-15,17-18,34,38,43H,3-13,16,19-33,35-37,39-42H2,1-2H3,(H,47,48)(H,49,50)/b15-14-,18-17-,38-34-. The first kappa shape index (κ1) is 49.6. The third kappa shape index (κ3) is 40.4. The number of ether oxygens (including phenoxy) is 1. The van der Waals surface area contributed by atoms with Gasteiger partial charge >= 0.3 is 11.9 Å². The third-order valence-electron chi connectivity index (χ3n) is 9.77. The van der Waals surface area contributed by atoms with Gasteiger partial charge in [-0.1, -0.05) is 173 Å². The lowest BCUT2D eigenvalue weighted by atomic mass is 10.0. The largest absolute Gasteiger partial charge is 0.480 e. The Balaban J connectivity index is 3.95. The van der Waals surface area contributed by atoms with Crippen LogP contribution in [0.1, 0.15) is 226 Å². The molecule has 0 aromatic rings. The SMILES string of the molecule is CCCCCCC/C=C\C/C=C\CCCCCCCCCCCCCC(=O)OC(/C=C\CCCCCCCC)CCCCCCC(=O)NCC(=O)O. The molecule has 0 aliphatic heterocycles. The van der Waals surface area contributed by atoms with E-state index in [1.165, 1.54) is 141 Å². The molecule has 0 saturated carbocycles. The molecule has 0 rings (SSSR count). The van der Waals surface area contributed by atoms with Crippen LogP contribution >= 0.6 is 0 Å². The van der Waals surface area contributed by atoms with Gasteiger partial charge in [0.1, 0.15) is 12.6 Å². The van der Waals surface area contributed by atoms with Crippen molar-refractivity contribution in [2.75, 3.05) is 6.54 Å². The highest BCUT2D eigenvalue weighted by molar-refractivity contribution is 5.80. The lowest BCUT2D eigenvalue weighted by molar-refractivity contribution is -0.147. The second-order valence-corrected chi connectivity index (χ2v) is 14.9. The fourth-order valence-corrected chi connectivity index (χ4v) is 6.45. The fraction of sp³-hybridized carbons (Fsp3) is 0.804. The molecule has 0 aromatic carbocycles. The molecule has 2 N–H and O–H groups in total. The number of hydrogen-bond acceptors (Lipinski definition) is 4. The van der Waals surface area contributed by atoms with Gasteiger partial charge in [-0.2, -0.15) is 0 Å². The van der Waals surface area contributed by atoms with Crippen molar-refractivity contribution in [2.45, 2.75) is 232 Å². The van der Waals surface area contributed by atoms with Crippen LogP contribution in [0.5, 0.6) is 0 Å². The summed E-state index contributed by atoms with van der Waals surface area (Å²) < 4.78 is 5.91. The summed E-state index contributed by atoms with van der Waals surface area (Å²) in [7, 11) is 0. The van der Waals surface area contributed by atoms with E-state index >= 15 is 0 Å². The number of nitrogens with one attached hydrogen (secondary N) is 1. The summed E-state index contributed by atoms with van der Waals surface area (Å²) in [4.78, 5) is 35.0. The van der Waals surface area contributed by atoms with E-state index in [9.17, 15) is 14.4 Å². The molecule has 302 valence electrons. The number of carboxylic acid groups (broad SMARTS) is 1. The van der Waals surface area contributed by atoms with E-state index in [0.717, 1.165) is 57.8 Å². The van der Waals surface area contributed by atoms with Gasteiger partial charge in [-0.25, -0.2) is 0 Å². The number of carbonyl (C=O) groups is 3. The second kappa shape index (κ2) is 41.4. The molecule has 52 heavy (non-hydrogen) atoms. The van der Waals surface area contributed by atoms with Crippen molar-refractivity contribution in [3.05, 3.63) is 36.5 Å². The molecule has 0 saturated heterocycles. The van der Waals surface area contributed by atoms with E-state index in [2.05, 4.69) is 55.6 Å². The van der Waals surface area contributed by atoms with E-state index in [0.29, 0.717) is 12.8 Å². The molecule has 1 atom stereocenters. The molecule has 0 aromatic heterocycles. The molecular formula is C46H83NO5. The first-order valence-corrected chi connectivity index (χ1v) is 22.1. The van der Waals surface area contributed by atoms with E-state index in [-0.39, 0.29) is 24.5 Å². The molecule has 0 aliphatic rings. The van der Waals surface area contributed by atoms with Gasteiger partial charge in [0.2, 0.25) is 5.91 Å². The monoisotopic (exact) mass is 730 g/mol. The minimum atomic E-state index is -1.03. The maximum Gasteiger partial charge on any atom is 0.322 e. The molecule has 0 spiro atoms. The van der Waals surface area contributed by atoms with Gasteiger partial charge in [0, 0.05) is 12.8 Å². The Morgan fingerprint density at radius 3 is 1.44 bits per heavy atom. The van der Waals surface area contributed by atoms with Gasteiger partial charge in [-0.15, -0.1) is 0 Å². The molecule has 1 unspecified atom stereocenters. The van der Waals surface area contributed by atoms with Crippen LogP contribution in [0, 0.1) is 0 Å². The zero-order valence-corrected chi connectivity index (χ0v) is 34.2. The Labute approximate surface area is 321 Å². The first-order chi connectivity index (χ1) is 25.5. The number of carboxylic acids is 1. The number of amides is 1. The highest BCUT2D eigenvalue weighted by Crippen LogP contribution is 2.16. The van der Waals surface area contributed by atoms with E-state index in [4.69, 9.17) is 9.84 Å². The average molecular weight is 730 g/mol. The van der Waals surface area contributed by atoms with Crippen LogP contribution in [-0.2, 0) is 19.1 Å². The fourth-order valence-electron chi connectivity index (χ4n) is 6.45. The molecule has 6 nitrogen and oxygen atoms in total. The Morgan fingerprint density at radius 2 is 0.942 bits per heavy atom. The normalized spacial score (nSPS) is 12.3. The number of esters is 1. The Hall–Kier alpha value is -2.37. The molecule has 6 heteroatoms. The maximum absolute atomic E-state index is 12.7. The minimum absolute atomic E-state index is 0.0832. The summed E-state index contributed by atoms with van der Waals surface area (Å²) in [6.45, 7) is 4.19. The van der Waals surface area contributed by atoms with Crippen LogP contribution in [0.15, 0.2) is 36.5 Å². The quantitative estimate of drug-likeness (QED) is 0.0372. The van der Waals surface area contributed by atoms with Crippen LogP contribution < -0.4 is 5.32 Å². The van der Waals surface area contributed by atoms with E-state index in [1.807, 2.05) is 0 Å². The summed E-state index contributed by atoms with van der Waals surface area (Å²) in [5.41, 5.74) is 0. The lowest BCUT2D eigenvalue weighted by Gasteiger charge is -2.15. The van der Waals surface area contributed by atoms with Crippen molar-refractivity contribution in [2.24, 2.45) is 0 Å². The molecule has 0 fully saturated rings. The number of rotatable bonds is 40. The molecular weight excluding hydrogens is 647 g/mol. The molecule has 0 aliphatic carbocycles. The Morgan fingerprint density at radius 1 is 0.519 bits per heavy atom. The number of allylic oxidation sites excluding steroid dienone is 5. The summed E-state index contributed by atoms with van der Waals surface area (Å²) in [6, 6.07) is 0. The van der Waals surface area contributed by atoms with Crippen molar-refractivity contribution >= 4 is 17.8 Å². The highest BCUT2D eigenvalue weighted by Gasteiger charge is 2.12. The topological polar surface area (TPSA) is 92.7 Å². The smallest absolute Gasteiger partial charge is 0.322 e. The highest BCUT2D eigenvalue weighted by atomic mass is 16.5. The van der Waals surface area contributed by atoms with Crippen molar-refractivity contribution < 1.29 is 24.2 Å². The number of carbonyl (C=O) groups excluding carboxylic acids is 2. The number of aliphatic carboxylic acids is 1. The zero-order valence-electron chi connectivity index (χ0n) is 34.2. The van der Waals surface area contributed by atoms with Crippen molar-refractivity contribution in [3.63, 3.8) is 0 Å². The average Bonchev–Trinajstić information content (AvgIpc) is 3.13. The van der Waals surface area contributed by atoms with Crippen LogP contribution in [-0.4, -0.2) is 35.6 Å². The predicted molar refractivity (Wildman–Crippen MR) is 222 cm³/mol. The summed E-state index contributed by atoms with van der Waals surface area (Å²) >= 11 is 0. The molecule has 1 amide bonds. The number of unbranched alkanes of at least 4 members (excludes halogenated alkanes) is 25. The third-order valence-corrected chi connectivity index (χ3v) is 9.77. The molecule has 0 heterocycles. The van der Waals surface area contributed by atoms with Crippen LogP contribution in [0.25, 0.3) is 0 Å². The predicted octanol–water partition coefficient (Wildman–Crippen LogP) is 13.7. The van der Waals surface area contributed by atoms with Crippen molar-refractivity contribution in [3.8, 4) is 0 Å². The second-order valence-electron chi connectivity index (χ2n) is 14.9. The number of hydrogen-bond donors (Lipinski definition) is 2. The Bertz CT molecular complexity index is 895. The van der Waals surface area contributed by atoms with Gasteiger partial charge in [0.25, 0.3) is 0 Å². The summed E-state index contributed by atoms with van der Waals surface area (Å²) in [6.07, 6.45) is 51.5. The van der Waals surface area contributed by atoms with Crippen LogP contribution in [0.4, 0.5) is 0 Å². The van der Waals surface area contributed by atoms with Crippen molar-refractivity contribution in [1.82, 2.24) is 5.32 Å². The molecule has 0 bridgehead atoms. The van der Waals surface area contributed by atoms with Gasteiger partial charge in [-0.3, -0.25) is 14.4 Å². The van der Waals surface area contributed by atoms with Crippen molar-refractivity contribution in [1.29, 1.82) is 0 Å². The lowest BCUT2D eigenvalue weighted by Crippen LogP contribution is -2.28. The zero-order chi connectivity index (χ0) is 38.0. The Kier molecular flexibility index (Phi) is 39.5. The summed E-state index contributed by atoms with van der Waals surface area (Å²) in [5.74, 6) is -1.32.